The number of nitrogens with zero attached hydrogens (tertiary/aromatic N) is 4. The van der Waals surface area contributed by atoms with Gasteiger partial charge in [0.25, 0.3) is 0 Å². The number of ether oxygens (including phenoxy) is 7. The number of esters is 4. The molecule has 0 bridgehead atoms. The van der Waals surface area contributed by atoms with Gasteiger partial charge in [0.2, 0.25) is 0 Å². The molecule has 1 fully saturated rings. The zero-order chi connectivity index (χ0) is 41.7. The third-order valence-corrected chi connectivity index (χ3v) is 8.74. The number of carbonyl (C=O) groups excluding carboxylic acids is 4. The Kier molecular flexibility index (Phi) is 21.9. The van der Waals surface area contributed by atoms with Crippen molar-refractivity contribution in [3.63, 3.8) is 0 Å². The van der Waals surface area contributed by atoms with Crippen LogP contribution in [0.2, 0.25) is 0 Å². The molecule has 0 radical (unpaired) electrons. The molecule has 0 N–H and O–H groups in total. The Morgan fingerprint density at radius 1 is 0.625 bits per heavy atom. The summed E-state index contributed by atoms with van der Waals surface area (Å²) in [6, 6.07) is 6.27. The Hall–Kier alpha value is -3.34. The fourth-order valence-corrected chi connectivity index (χ4v) is 6.21. The number of benzene rings is 1. The molecule has 1 aromatic carbocycles. The lowest BCUT2D eigenvalue weighted by molar-refractivity contribution is -0.158. The molecule has 0 aliphatic carbocycles. The van der Waals surface area contributed by atoms with Gasteiger partial charge >= 0.3 is 23.9 Å². The van der Waals surface area contributed by atoms with E-state index in [0.29, 0.717) is 84.3 Å². The number of hydrogen-bond donors (Lipinski definition) is 0. The van der Waals surface area contributed by atoms with Gasteiger partial charge < -0.3 is 33.2 Å². The van der Waals surface area contributed by atoms with E-state index in [2.05, 4.69) is 4.90 Å². The number of rotatable bonds is 19. The predicted molar refractivity (Wildman–Crippen MR) is 213 cm³/mol. The van der Waals surface area contributed by atoms with E-state index in [-0.39, 0.29) is 50.8 Å². The molecule has 1 aliphatic heterocycles. The molecule has 0 spiro atoms. The van der Waals surface area contributed by atoms with E-state index in [1.165, 1.54) is 7.11 Å². The van der Waals surface area contributed by atoms with Crippen LogP contribution < -0.4 is 4.74 Å². The first-order valence-corrected chi connectivity index (χ1v) is 20.0. The minimum absolute atomic E-state index is 0.00685. The lowest BCUT2D eigenvalue weighted by Gasteiger charge is -2.38. The monoisotopic (exact) mass is 795 g/mol. The summed E-state index contributed by atoms with van der Waals surface area (Å²) in [5.41, 5.74) is -0.432. The standard InChI is InChI=1S/C41H70N4O11/c1-11-51-26-27-54-33-16-14-32(15-17-33)28-34(38(48)52-12-2)44-22-18-42(29-36(46)55-40(4,5)6)20-24-45(35(31-50-10)39(49)53-13-3)25-21-43(19-23-44)30-37(47)56-41(7,8)9/h14-17,34-35H,11-13,18-31H2,1-10H3. The van der Waals surface area contributed by atoms with Crippen LogP contribution in [0.1, 0.15) is 67.9 Å². The lowest BCUT2D eigenvalue weighted by Crippen LogP contribution is -2.55. The summed E-state index contributed by atoms with van der Waals surface area (Å²) in [6.07, 6.45) is 0.363. The van der Waals surface area contributed by atoms with Gasteiger partial charge in [-0.25, -0.2) is 0 Å². The topological polar surface area (TPSA) is 146 Å². The Labute approximate surface area is 335 Å². The summed E-state index contributed by atoms with van der Waals surface area (Å²) in [7, 11) is 1.53. The molecule has 320 valence electrons. The van der Waals surface area contributed by atoms with Gasteiger partial charge in [0, 0.05) is 66.1 Å². The van der Waals surface area contributed by atoms with Crippen molar-refractivity contribution in [3.8, 4) is 5.75 Å². The zero-order valence-electron chi connectivity index (χ0n) is 35.8. The van der Waals surface area contributed by atoms with Crippen molar-refractivity contribution >= 4 is 23.9 Å². The van der Waals surface area contributed by atoms with Crippen LogP contribution >= 0.6 is 0 Å². The molecule has 0 amide bonds. The van der Waals surface area contributed by atoms with Gasteiger partial charge in [-0.3, -0.25) is 38.8 Å². The molecule has 1 aliphatic rings. The highest BCUT2D eigenvalue weighted by atomic mass is 16.6. The minimum atomic E-state index is -0.708. The number of carbonyl (C=O) groups is 4. The van der Waals surface area contributed by atoms with Gasteiger partial charge in [-0.2, -0.15) is 0 Å². The van der Waals surface area contributed by atoms with Crippen LogP contribution in [0.25, 0.3) is 0 Å². The second kappa shape index (κ2) is 25.1. The molecule has 2 atom stereocenters. The van der Waals surface area contributed by atoms with E-state index in [0.717, 1.165) is 5.56 Å². The van der Waals surface area contributed by atoms with Crippen molar-refractivity contribution in [2.24, 2.45) is 0 Å². The van der Waals surface area contributed by atoms with Crippen molar-refractivity contribution < 1.29 is 52.3 Å². The zero-order valence-corrected chi connectivity index (χ0v) is 35.8. The van der Waals surface area contributed by atoms with Crippen LogP contribution in [0.5, 0.6) is 5.75 Å². The van der Waals surface area contributed by atoms with Crippen molar-refractivity contribution in [2.75, 3.05) is 112 Å². The van der Waals surface area contributed by atoms with Gasteiger partial charge in [-0.15, -0.1) is 0 Å². The molecule has 2 unspecified atom stereocenters. The highest BCUT2D eigenvalue weighted by molar-refractivity contribution is 5.77. The van der Waals surface area contributed by atoms with E-state index in [1.807, 2.05) is 87.4 Å². The highest BCUT2D eigenvalue weighted by Gasteiger charge is 2.33. The third kappa shape index (κ3) is 19.7. The molecule has 56 heavy (non-hydrogen) atoms. The molecular formula is C41H70N4O11. The van der Waals surface area contributed by atoms with Crippen LogP contribution in [0.3, 0.4) is 0 Å². The Balaban J connectivity index is 2.52. The maximum Gasteiger partial charge on any atom is 0.325 e. The molecular weight excluding hydrogens is 724 g/mol. The van der Waals surface area contributed by atoms with Crippen LogP contribution in [0.15, 0.2) is 24.3 Å². The molecule has 0 saturated carbocycles. The SMILES string of the molecule is CCOCCOc1ccc(CC(C(=O)OCC)N2CCN(CC(=O)OC(C)(C)C)CCN(C(COC)C(=O)OCC)CCN(CC(=O)OC(C)(C)C)CC2)cc1. The highest BCUT2D eigenvalue weighted by Crippen LogP contribution is 2.18. The Morgan fingerprint density at radius 3 is 1.48 bits per heavy atom. The van der Waals surface area contributed by atoms with Crippen LogP contribution in [0, 0.1) is 0 Å². The average molecular weight is 795 g/mol. The van der Waals surface area contributed by atoms with Gasteiger partial charge in [0.1, 0.15) is 35.6 Å². The molecule has 15 nitrogen and oxygen atoms in total. The molecule has 1 heterocycles. The van der Waals surface area contributed by atoms with Crippen LogP contribution in [-0.2, 0) is 54.0 Å². The first-order valence-electron chi connectivity index (χ1n) is 20.0. The smallest absolute Gasteiger partial charge is 0.325 e. The van der Waals surface area contributed by atoms with Crippen LogP contribution in [0.4, 0.5) is 0 Å². The minimum Gasteiger partial charge on any atom is -0.491 e. The second-order valence-electron chi connectivity index (χ2n) is 15.7. The maximum absolute atomic E-state index is 13.8. The van der Waals surface area contributed by atoms with E-state index in [9.17, 15) is 19.2 Å². The van der Waals surface area contributed by atoms with Gasteiger partial charge in [0.15, 0.2) is 0 Å². The van der Waals surface area contributed by atoms with Crippen molar-refractivity contribution in [1.82, 2.24) is 19.6 Å². The normalized spacial score (nSPS) is 17.2. The van der Waals surface area contributed by atoms with E-state index >= 15 is 0 Å². The fourth-order valence-electron chi connectivity index (χ4n) is 6.21. The van der Waals surface area contributed by atoms with E-state index < -0.39 is 29.3 Å². The largest absolute Gasteiger partial charge is 0.491 e. The molecule has 1 aromatic rings. The number of methoxy groups -OCH3 is 1. The molecule has 0 aromatic heterocycles. The summed E-state index contributed by atoms with van der Waals surface area (Å²) < 4.78 is 39.2. The summed E-state index contributed by atoms with van der Waals surface area (Å²) in [5.74, 6) is -0.830. The first-order chi connectivity index (χ1) is 26.5. The first kappa shape index (κ1) is 48.8. The summed E-state index contributed by atoms with van der Waals surface area (Å²) >= 11 is 0. The Morgan fingerprint density at radius 2 is 1.07 bits per heavy atom. The van der Waals surface area contributed by atoms with Gasteiger partial charge in [0.05, 0.1) is 39.5 Å². The Bertz CT molecular complexity index is 1270. The second-order valence-corrected chi connectivity index (χ2v) is 15.7. The van der Waals surface area contributed by atoms with Gasteiger partial charge in [-0.05, 0) is 86.4 Å². The quantitative estimate of drug-likeness (QED) is 0.115. The molecule has 15 heteroatoms. The van der Waals surface area contributed by atoms with Gasteiger partial charge in [-0.1, -0.05) is 12.1 Å². The van der Waals surface area contributed by atoms with Crippen LogP contribution in [-0.4, -0.2) is 179 Å². The maximum atomic E-state index is 13.8. The predicted octanol–water partition coefficient (Wildman–Crippen LogP) is 3.06. The summed E-state index contributed by atoms with van der Waals surface area (Å²) in [5, 5.41) is 0. The fraction of sp³-hybridized carbons (Fsp3) is 0.756. The summed E-state index contributed by atoms with van der Waals surface area (Å²) in [4.78, 5) is 61.4. The van der Waals surface area contributed by atoms with Crippen molar-refractivity contribution in [2.45, 2.75) is 92.0 Å². The van der Waals surface area contributed by atoms with E-state index in [4.69, 9.17) is 33.2 Å². The number of hydrogen-bond acceptors (Lipinski definition) is 15. The molecule has 2 rings (SSSR count). The third-order valence-electron chi connectivity index (χ3n) is 8.74. The van der Waals surface area contributed by atoms with Crippen molar-refractivity contribution in [3.05, 3.63) is 29.8 Å². The average Bonchev–Trinajstić information content (AvgIpc) is 3.10. The van der Waals surface area contributed by atoms with E-state index in [1.54, 1.807) is 13.8 Å². The summed E-state index contributed by atoms with van der Waals surface area (Å²) in [6.45, 7) is 21.7. The van der Waals surface area contributed by atoms with Crippen molar-refractivity contribution in [1.29, 1.82) is 0 Å². The lowest BCUT2D eigenvalue weighted by atomic mass is 10.0. The molecule has 1 saturated heterocycles.